The highest BCUT2D eigenvalue weighted by Gasteiger charge is 2.43. The number of benzene rings is 1. The maximum absolute atomic E-state index is 14.3. The Labute approximate surface area is 242 Å². The number of aromatic nitrogens is 3. The normalized spacial score (nSPS) is 21.2. The van der Waals surface area contributed by atoms with Crippen molar-refractivity contribution < 1.29 is 27.7 Å². The van der Waals surface area contributed by atoms with Crippen molar-refractivity contribution in [3.05, 3.63) is 53.9 Å². The summed E-state index contributed by atoms with van der Waals surface area (Å²) in [7, 11) is 1.60. The number of pyridine rings is 1. The highest BCUT2D eigenvalue weighted by molar-refractivity contribution is 5.64. The van der Waals surface area contributed by atoms with Gasteiger partial charge in [0.1, 0.15) is 18.1 Å². The fourth-order valence-electron chi connectivity index (χ4n) is 5.63. The smallest absolute Gasteiger partial charge is 0.296 e. The highest BCUT2D eigenvalue weighted by Crippen LogP contribution is 2.37. The summed E-state index contributed by atoms with van der Waals surface area (Å²) in [4.78, 5) is 15.6. The zero-order chi connectivity index (χ0) is 29.1. The molecule has 6 rings (SSSR count). The van der Waals surface area contributed by atoms with Crippen molar-refractivity contribution >= 4 is 0 Å². The predicted molar refractivity (Wildman–Crippen MR) is 148 cm³/mol. The van der Waals surface area contributed by atoms with Gasteiger partial charge in [-0.25, -0.2) is 18.7 Å². The SMILES string of the molecule is COc1nc(Oc2cc(-c3ccc(OC4CCNCC4(F)F)c(C#N)c3)ncn2)ccc1C1CCN(C2COC2)CC1. The van der Waals surface area contributed by atoms with Crippen LogP contribution in [0.15, 0.2) is 42.7 Å². The summed E-state index contributed by atoms with van der Waals surface area (Å²) in [6.07, 6.45) is 2.24. The number of hydrogen-bond donors (Lipinski definition) is 1. The molecule has 5 heterocycles. The van der Waals surface area contributed by atoms with Gasteiger partial charge in [0.05, 0.1) is 44.2 Å². The summed E-state index contributed by atoms with van der Waals surface area (Å²) in [5, 5.41) is 12.4. The lowest BCUT2D eigenvalue weighted by molar-refractivity contribution is -0.109. The maximum atomic E-state index is 14.3. The van der Waals surface area contributed by atoms with E-state index in [1.165, 1.54) is 12.4 Å². The van der Waals surface area contributed by atoms with E-state index < -0.39 is 18.6 Å². The molecule has 1 N–H and O–H groups in total. The Hall–Kier alpha value is -3.92. The van der Waals surface area contributed by atoms with Crippen LogP contribution in [0.3, 0.4) is 0 Å². The molecule has 0 aliphatic carbocycles. The van der Waals surface area contributed by atoms with Gasteiger partial charge >= 0.3 is 0 Å². The summed E-state index contributed by atoms with van der Waals surface area (Å²) in [5.74, 6) is -1.45. The Morgan fingerprint density at radius 2 is 1.90 bits per heavy atom. The van der Waals surface area contributed by atoms with Gasteiger partial charge in [0, 0.05) is 29.7 Å². The minimum atomic E-state index is -3.03. The molecule has 42 heavy (non-hydrogen) atoms. The standard InChI is InChI=1S/C30H32F2N6O4/c1-39-29-23(19-7-10-38(11-8-19)22-15-40-16-22)3-5-27(37-29)42-28-13-24(35-18-36-28)20-2-4-25(21(12-20)14-33)41-26-6-9-34-17-30(26,31)32/h2-5,12-13,18-19,22,26,34H,6-11,15-17H2,1H3. The van der Waals surface area contributed by atoms with Crippen molar-refractivity contribution in [2.45, 2.75) is 43.2 Å². The molecule has 0 spiro atoms. The highest BCUT2D eigenvalue weighted by atomic mass is 19.3. The minimum absolute atomic E-state index is 0.109. The number of ether oxygens (including phenoxy) is 4. The van der Waals surface area contributed by atoms with Crippen molar-refractivity contribution in [3.8, 4) is 40.7 Å². The van der Waals surface area contributed by atoms with E-state index >= 15 is 0 Å². The number of nitrogens with zero attached hydrogens (tertiary/aromatic N) is 5. The maximum Gasteiger partial charge on any atom is 0.296 e. The third-order valence-corrected chi connectivity index (χ3v) is 8.09. The molecule has 3 fully saturated rings. The number of hydrogen-bond acceptors (Lipinski definition) is 10. The van der Waals surface area contributed by atoms with E-state index in [0.29, 0.717) is 41.5 Å². The molecule has 0 bridgehead atoms. The average Bonchev–Trinajstić information content (AvgIpc) is 2.98. The molecule has 0 saturated carbocycles. The fourth-order valence-corrected chi connectivity index (χ4v) is 5.63. The first-order chi connectivity index (χ1) is 20.4. The number of piperidine rings is 2. The second kappa shape index (κ2) is 12.1. The molecular weight excluding hydrogens is 546 g/mol. The first-order valence-corrected chi connectivity index (χ1v) is 14.1. The van der Waals surface area contributed by atoms with E-state index in [-0.39, 0.29) is 23.6 Å². The van der Waals surface area contributed by atoms with Crippen molar-refractivity contribution in [3.63, 3.8) is 0 Å². The van der Waals surface area contributed by atoms with Crippen molar-refractivity contribution in [1.82, 2.24) is 25.2 Å². The topological polar surface area (TPSA) is 115 Å². The minimum Gasteiger partial charge on any atom is -0.483 e. The summed E-state index contributed by atoms with van der Waals surface area (Å²) < 4.78 is 51.0. The van der Waals surface area contributed by atoms with Gasteiger partial charge in [0.15, 0.2) is 6.10 Å². The zero-order valence-electron chi connectivity index (χ0n) is 23.3. The first-order valence-electron chi connectivity index (χ1n) is 14.1. The number of nitrogens with one attached hydrogen (secondary N) is 1. The number of halogens is 2. The quantitative estimate of drug-likeness (QED) is 0.418. The first kappa shape index (κ1) is 28.2. The number of likely N-dealkylation sites (tertiary alicyclic amines) is 1. The Balaban J connectivity index is 1.15. The van der Waals surface area contributed by atoms with Crippen LogP contribution in [0.25, 0.3) is 11.3 Å². The Morgan fingerprint density at radius 1 is 1.07 bits per heavy atom. The molecular formula is C30H32F2N6O4. The van der Waals surface area contributed by atoms with Crippen LogP contribution in [0.1, 0.15) is 36.3 Å². The van der Waals surface area contributed by atoms with Gasteiger partial charge in [-0.1, -0.05) is 0 Å². The molecule has 0 radical (unpaired) electrons. The van der Waals surface area contributed by atoms with E-state index in [9.17, 15) is 14.0 Å². The van der Waals surface area contributed by atoms with E-state index in [4.69, 9.17) is 18.9 Å². The van der Waals surface area contributed by atoms with Gasteiger partial charge in [0.2, 0.25) is 17.6 Å². The molecule has 1 aromatic carbocycles. The monoisotopic (exact) mass is 578 g/mol. The summed E-state index contributed by atoms with van der Waals surface area (Å²) in [5.41, 5.74) is 2.27. The van der Waals surface area contributed by atoms with Crippen LogP contribution in [0, 0.1) is 11.3 Å². The molecule has 10 nitrogen and oxygen atoms in total. The molecule has 2 aromatic heterocycles. The lowest BCUT2D eigenvalue weighted by Gasteiger charge is -2.41. The van der Waals surface area contributed by atoms with Crippen molar-refractivity contribution in [2.24, 2.45) is 0 Å². The molecule has 1 atom stereocenters. The lowest BCUT2D eigenvalue weighted by Crippen LogP contribution is -2.52. The Bertz CT molecular complexity index is 1460. The van der Waals surface area contributed by atoms with Crippen LogP contribution in [0.2, 0.25) is 0 Å². The second-order valence-electron chi connectivity index (χ2n) is 10.7. The van der Waals surface area contributed by atoms with Gasteiger partial charge in [-0.2, -0.15) is 10.2 Å². The number of alkyl halides is 2. The van der Waals surface area contributed by atoms with E-state index in [0.717, 1.165) is 44.7 Å². The van der Waals surface area contributed by atoms with Crippen molar-refractivity contribution in [1.29, 1.82) is 5.26 Å². The third-order valence-electron chi connectivity index (χ3n) is 8.09. The molecule has 1 unspecified atom stereocenters. The van der Waals surface area contributed by atoms with E-state index in [1.807, 2.05) is 18.2 Å². The van der Waals surface area contributed by atoms with E-state index in [1.54, 1.807) is 25.3 Å². The molecule has 3 aliphatic heterocycles. The summed E-state index contributed by atoms with van der Waals surface area (Å²) in [6, 6.07) is 12.8. The molecule has 0 amide bonds. The number of methoxy groups -OCH3 is 1. The van der Waals surface area contributed by atoms with Crippen LogP contribution in [0.4, 0.5) is 8.78 Å². The van der Waals surface area contributed by atoms with Crippen LogP contribution in [-0.2, 0) is 4.74 Å². The second-order valence-corrected chi connectivity index (χ2v) is 10.7. The zero-order valence-corrected chi connectivity index (χ0v) is 23.3. The predicted octanol–water partition coefficient (Wildman–Crippen LogP) is 4.17. The average molecular weight is 579 g/mol. The van der Waals surface area contributed by atoms with Crippen LogP contribution in [0.5, 0.6) is 23.4 Å². The van der Waals surface area contributed by atoms with Crippen LogP contribution < -0.4 is 19.5 Å². The van der Waals surface area contributed by atoms with E-state index in [2.05, 4.69) is 25.2 Å². The summed E-state index contributed by atoms with van der Waals surface area (Å²) >= 11 is 0. The molecule has 12 heteroatoms. The molecule has 220 valence electrons. The third kappa shape index (κ3) is 5.99. The van der Waals surface area contributed by atoms with Gasteiger partial charge in [0.25, 0.3) is 5.92 Å². The van der Waals surface area contributed by atoms with Gasteiger partial charge < -0.3 is 24.3 Å². The lowest BCUT2D eigenvalue weighted by atomic mass is 9.89. The van der Waals surface area contributed by atoms with Crippen LogP contribution >= 0.6 is 0 Å². The number of nitriles is 1. The van der Waals surface area contributed by atoms with Crippen LogP contribution in [-0.4, -0.2) is 84.4 Å². The Morgan fingerprint density at radius 3 is 2.62 bits per heavy atom. The van der Waals surface area contributed by atoms with Gasteiger partial charge in [-0.15, -0.1) is 0 Å². The Kier molecular flexibility index (Phi) is 8.15. The van der Waals surface area contributed by atoms with Crippen molar-refractivity contribution in [2.75, 3.05) is 46.5 Å². The molecule has 3 aliphatic rings. The van der Waals surface area contributed by atoms with Gasteiger partial charge in [-0.3, -0.25) is 4.90 Å². The number of rotatable bonds is 8. The molecule has 3 aromatic rings. The fraction of sp³-hybridized carbons (Fsp3) is 0.467. The van der Waals surface area contributed by atoms with Gasteiger partial charge in [-0.05, 0) is 62.7 Å². The molecule has 3 saturated heterocycles. The summed E-state index contributed by atoms with van der Waals surface area (Å²) in [6.45, 7) is 3.66. The largest absolute Gasteiger partial charge is 0.483 e.